The lowest BCUT2D eigenvalue weighted by Crippen LogP contribution is -2.48. The van der Waals surface area contributed by atoms with Gasteiger partial charge in [-0.3, -0.25) is 9.59 Å². The average Bonchev–Trinajstić information content (AvgIpc) is 3.30. The van der Waals surface area contributed by atoms with Crippen LogP contribution in [0, 0.1) is 11.8 Å². The number of hydrogen-bond donors (Lipinski definition) is 3. The highest BCUT2D eigenvalue weighted by Crippen LogP contribution is 2.37. The molecule has 0 unspecified atom stereocenters. The molecule has 2 aromatic rings. The number of nitrogens with two attached hydrogens (primary N) is 1. The number of carboxylic acid groups (broad SMARTS) is 1. The van der Waals surface area contributed by atoms with Crippen LogP contribution in [0.4, 0.5) is 5.69 Å². The van der Waals surface area contributed by atoms with Gasteiger partial charge >= 0.3 is 5.97 Å². The number of anilines is 1. The van der Waals surface area contributed by atoms with Crippen LogP contribution in [0.25, 0.3) is 0 Å². The van der Waals surface area contributed by atoms with Gasteiger partial charge in [0.25, 0.3) is 0 Å². The number of amides is 2. The number of carbonyl (C=O) groups excluding carboxylic acids is 2. The SMILES string of the molecule is NCC1CCC(C(=O)N2CC[C@H](c3ccccc3)[C@H]2C(=O)Nc2ccc(C(=O)O)cc2)CC1. The standard InChI is InChI=1S/C26H31N3O4/c27-16-17-6-8-19(9-7-17)25(31)29-15-14-22(18-4-2-1-3-5-18)23(29)24(30)28-21-12-10-20(11-13-21)26(32)33/h1-5,10-13,17,19,22-23H,6-9,14-16,27H2,(H,28,30)(H,32,33)/t17?,19?,22-,23+/m1/s1. The minimum Gasteiger partial charge on any atom is -0.478 e. The fourth-order valence-electron chi connectivity index (χ4n) is 5.21. The Morgan fingerprint density at radius 1 is 0.939 bits per heavy atom. The van der Waals surface area contributed by atoms with Crippen molar-refractivity contribution in [2.45, 2.75) is 44.1 Å². The van der Waals surface area contributed by atoms with Crippen molar-refractivity contribution < 1.29 is 19.5 Å². The van der Waals surface area contributed by atoms with Gasteiger partial charge < -0.3 is 21.1 Å². The summed E-state index contributed by atoms with van der Waals surface area (Å²) in [6, 6.07) is 15.3. The number of hydrogen-bond acceptors (Lipinski definition) is 4. The van der Waals surface area contributed by atoms with Crippen molar-refractivity contribution in [1.82, 2.24) is 4.90 Å². The van der Waals surface area contributed by atoms with Crippen LogP contribution in [0.3, 0.4) is 0 Å². The Kier molecular flexibility index (Phi) is 7.08. The molecular formula is C26H31N3O4. The van der Waals surface area contributed by atoms with Gasteiger partial charge in [-0.25, -0.2) is 4.79 Å². The van der Waals surface area contributed by atoms with Gasteiger partial charge in [0.1, 0.15) is 6.04 Å². The Labute approximate surface area is 194 Å². The minimum absolute atomic E-state index is 0.0604. The quantitative estimate of drug-likeness (QED) is 0.625. The maximum absolute atomic E-state index is 13.5. The van der Waals surface area contributed by atoms with E-state index in [-0.39, 0.29) is 29.2 Å². The van der Waals surface area contributed by atoms with Gasteiger partial charge in [-0.15, -0.1) is 0 Å². The lowest BCUT2D eigenvalue weighted by atomic mass is 9.81. The summed E-state index contributed by atoms with van der Waals surface area (Å²) >= 11 is 0. The number of rotatable bonds is 6. The molecule has 1 aliphatic heterocycles. The Morgan fingerprint density at radius 3 is 2.21 bits per heavy atom. The number of carboxylic acids is 1. The molecule has 174 valence electrons. The molecule has 2 atom stereocenters. The van der Waals surface area contributed by atoms with E-state index in [1.54, 1.807) is 17.0 Å². The van der Waals surface area contributed by atoms with Crippen LogP contribution in [-0.2, 0) is 9.59 Å². The van der Waals surface area contributed by atoms with Crippen molar-refractivity contribution in [3.63, 3.8) is 0 Å². The van der Waals surface area contributed by atoms with Crippen LogP contribution < -0.4 is 11.1 Å². The number of likely N-dealkylation sites (tertiary alicyclic amines) is 1. The topological polar surface area (TPSA) is 113 Å². The molecular weight excluding hydrogens is 418 g/mol. The number of benzene rings is 2. The van der Waals surface area contributed by atoms with E-state index in [1.807, 2.05) is 30.3 Å². The van der Waals surface area contributed by atoms with E-state index >= 15 is 0 Å². The molecule has 1 saturated heterocycles. The largest absolute Gasteiger partial charge is 0.478 e. The Morgan fingerprint density at radius 2 is 1.61 bits per heavy atom. The molecule has 1 heterocycles. The monoisotopic (exact) mass is 449 g/mol. The number of aromatic carboxylic acids is 1. The molecule has 7 nitrogen and oxygen atoms in total. The Bertz CT molecular complexity index is 984. The molecule has 33 heavy (non-hydrogen) atoms. The second-order valence-corrected chi connectivity index (χ2v) is 9.11. The molecule has 4 rings (SSSR count). The first-order valence-corrected chi connectivity index (χ1v) is 11.7. The molecule has 2 amide bonds. The summed E-state index contributed by atoms with van der Waals surface area (Å²) < 4.78 is 0. The lowest BCUT2D eigenvalue weighted by Gasteiger charge is -2.33. The van der Waals surface area contributed by atoms with Gasteiger partial charge in [0, 0.05) is 24.1 Å². The molecule has 7 heteroatoms. The van der Waals surface area contributed by atoms with Crippen LogP contribution >= 0.6 is 0 Å². The highest BCUT2D eigenvalue weighted by Gasteiger charge is 2.44. The molecule has 2 fully saturated rings. The third-order valence-corrected chi connectivity index (χ3v) is 7.11. The maximum Gasteiger partial charge on any atom is 0.335 e. The van der Waals surface area contributed by atoms with Crippen LogP contribution in [0.1, 0.15) is 53.9 Å². The predicted octanol–water partition coefficient (Wildman–Crippen LogP) is 3.47. The zero-order valence-corrected chi connectivity index (χ0v) is 18.7. The predicted molar refractivity (Wildman–Crippen MR) is 126 cm³/mol. The molecule has 0 spiro atoms. The molecule has 1 aliphatic carbocycles. The molecule has 0 bridgehead atoms. The highest BCUT2D eigenvalue weighted by atomic mass is 16.4. The number of carbonyl (C=O) groups is 3. The smallest absolute Gasteiger partial charge is 0.335 e. The molecule has 0 aromatic heterocycles. The van der Waals surface area contributed by atoms with E-state index in [9.17, 15) is 14.4 Å². The maximum atomic E-state index is 13.5. The Balaban J connectivity index is 1.55. The first kappa shape index (κ1) is 23.0. The number of nitrogens with zero attached hydrogens (tertiary/aromatic N) is 1. The molecule has 2 aromatic carbocycles. The van der Waals surface area contributed by atoms with Gasteiger partial charge in [0.2, 0.25) is 11.8 Å². The minimum atomic E-state index is -1.02. The summed E-state index contributed by atoms with van der Waals surface area (Å²) in [6.45, 7) is 1.21. The van der Waals surface area contributed by atoms with Crippen molar-refractivity contribution in [2.24, 2.45) is 17.6 Å². The van der Waals surface area contributed by atoms with E-state index in [2.05, 4.69) is 5.32 Å². The third kappa shape index (κ3) is 5.09. The normalized spacial score (nSPS) is 24.9. The van der Waals surface area contributed by atoms with Crippen LogP contribution in [0.2, 0.25) is 0 Å². The van der Waals surface area contributed by atoms with Crippen molar-refractivity contribution in [2.75, 3.05) is 18.4 Å². The summed E-state index contributed by atoms with van der Waals surface area (Å²) in [5.74, 6) is -0.869. The fourth-order valence-corrected chi connectivity index (χ4v) is 5.21. The summed E-state index contributed by atoms with van der Waals surface area (Å²) in [4.78, 5) is 39.9. The molecule has 1 saturated carbocycles. The summed E-state index contributed by atoms with van der Waals surface area (Å²) in [5.41, 5.74) is 7.52. The zero-order chi connectivity index (χ0) is 23.4. The van der Waals surface area contributed by atoms with Crippen molar-refractivity contribution in [1.29, 1.82) is 0 Å². The van der Waals surface area contributed by atoms with Gasteiger partial charge in [0.05, 0.1) is 5.56 Å². The third-order valence-electron chi connectivity index (χ3n) is 7.11. The molecule has 4 N–H and O–H groups in total. The van der Waals surface area contributed by atoms with E-state index in [0.29, 0.717) is 24.7 Å². The summed E-state index contributed by atoms with van der Waals surface area (Å²) in [7, 11) is 0. The van der Waals surface area contributed by atoms with Crippen molar-refractivity contribution in [3.05, 3.63) is 65.7 Å². The van der Waals surface area contributed by atoms with Gasteiger partial charge in [-0.05, 0) is 74.4 Å². The van der Waals surface area contributed by atoms with Gasteiger partial charge in [-0.2, -0.15) is 0 Å². The van der Waals surface area contributed by atoms with Crippen molar-refractivity contribution >= 4 is 23.5 Å². The lowest BCUT2D eigenvalue weighted by molar-refractivity contribution is -0.141. The second kappa shape index (κ2) is 10.2. The zero-order valence-electron chi connectivity index (χ0n) is 18.7. The van der Waals surface area contributed by atoms with E-state index in [0.717, 1.165) is 37.7 Å². The molecule has 0 radical (unpaired) electrons. The van der Waals surface area contributed by atoms with Crippen LogP contribution in [0.15, 0.2) is 54.6 Å². The average molecular weight is 450 g/mol. The van der Waals surface area contributed by atoms with Gasteiger partial charge in [0.15, 0.2) is 0 Å². The Hall–Kier alpha value is -3.19. The first-order valence-electron chi connectivity index (χ1n) is 11.7. The van der Waals surface area contributed by atoms with Crippen LogP contribution in [0.5, 0.6) is 0 Å². The fraction of sp³-hybridized carbons (Fsp3) is 0.423. The summed E-state index contributed by atoms with van der Waals surface area (Å²) in [5, 5.41) is 12.0. The van der Waals surface area contributed by atoms with Crippen molar-refractivity contribution in [3.8, 4) is 0 Å². The van der Waals surface area contributed by atoms with E-state index in [1.165, 1.54) is 12.1 Å². The summed E-state index contributed by atoms with van der Waals surface area (Å²) in [6.07, 6.45) is 4.27. The van der Waals surface area contributed by atoms with E-state index < -0.39 is 12.0 Å². The van der Waals surface area contributed by atoms with Gasteiger partial charge in [-0.1, -0.05) is 30.3 Å². The second-order valence-electron chi connectivity index (χ2n) is 9.11. The van der Waals surface area contributed by atoms with E-state index in [4.69, 9.17) is 10.8 Å². The highest BCUT2D eigenvalue weighted by molar-refractivity contribution is 5.99. The number of nitrogens with one attached hydrogen (secondary N) is 1. The van der Waals surface area contributed by atoms with Crippen LogP contribution in [-0.4, -0.2) is 46.9 Å². The first-order chi connectivity index (χ1) is 16.0. The molecule has 2 aliphatic rings.